The molecule has 0 bridgehead atoms. The Balaban J connectivity index is 3.34. The van der Waals surface area contributed by atoms with Crippen LogP contribution in [0, 0.1) is 5.92 Å². The van der Waals surface area contributed by atoms with Crippen molar-refractivity contribution >= 4 is 12.2 Å². The van der Waals surface area contributed by atoms with Crippen LogP contribution in [0.4, 0.5) is 0 Å². The van der Waals surface area contributed by atoms with E-state index >= 15 is 0 Å². The van der Waals surface area contributed by atoms with Gasteiger partial charge in [0.25, 0.3) is 0 Å². The van der Waals surface area contributed by atoms with E-state index in [2.05, 4.69) is 57.2 Å². The first kappa shape index (κ1) is 9.05. The lowest BCUT2D eigenvalue weighted by Crippen LogP contribution is -2.23. The van der Waals surface area contributed by atoms with Crippen LogP contribution in [-0.4, -0.2) is 0 Å². The molecule has 0 fully saturated rings. The van der Waals surface area contributed by atoms with E-state index in [1.54, 1.807) is 0 Å². The highest BCUT2D eigenvalue weighted by atomic mass is 13.9. The molecular weight excluding hydrogens is 144 g/mol. The number of hydrogen-bond donors (Lipinski definition) is 0. The summed E-state index contributed by atoms with van der Waals surface area (Å²) in [5.74, 6) is 0.617. The van der Waals surface area contributed by atoms with E-state index in [1.807, 2.05) is 0 Å². The van der Waals surface area contributed by atoms with Gasteiger partial charge in [-0.1, -0.05) is 50.3 Å². The molecule has 0 unspecified atom stereocenters. The Morgan fingerprint density at radius 1 is 1.08 bits per heavy atom. The van der Waals surface area contributed by atoms with Crippen LogP contribution in [0.25, 0.3) is 12.2 Å². The Bertz CT molecular complexity index is 345. The summed E-state index contributed by atoms with van der Waals surface area (Å²) in [6, 6.07) is 8.47. The van der Waals surface area contributed by atoms with Crippen molar-refractivity contribution in [3.8, 4) is 0 Å². The zero-order valence-corrected chi connectivity index (χ0v) is 8.04. The average molecular weight is 160 g/mol. The highest BCUT2D eigenvalue weighted by Crippen LogP contribution is 1.90. The maximum atomic E-state index is 2.29. The lowest BCUT2D eigenvalue weighted by Gasteiger charge is -1.94. The molecule has 0 aromatic heterocycles. The fraction of sp³-hybridized carbons (Fsp3) is 0.333. The lowest BCUT2D eigenvalue weighted by molar-refractivity contribution is 0.880. The predicted octanol–water partition coefficient (Wildman–Crippen LogP) is 1.92. The summed E-state index contributed by atoms with van der Waals surface area (Å²) in [4.78, 5) is 0. The minimum Gasteiger partial charge on any atom is -0.0798 e. The predicted molar refractivity (Wildman–Crippen MR) is 55.1 cm³/mol. The van der Waals surface area contributed by atoms with E-state index in [0.717, 1.165) is 0 Å². The highest BCUT2D eigenvalue weighted by Gasteiger charge is 1.86. The van der Waals surface area contributed by atoms with Crippen molar-refractivity contribution in [3.05, 3.63) is 34.7 Å². The van der Waals surface area contributed by atoms with Crippen molar-refractivity contribution in [2.24, 2.45) is 5.92 Å². The van der Waals surface area contributed by atoms with Gasteiger partial charge in [-0.25, -0.2) is 0 Å². The molecule has 0 heteroatoms. The molecule has 0 radical (unpaired) electrons. The standard InChI is InChI=1S/C12H16/c1-4-11-7-5-6-8-12(11)9-10(2)3/h4-10H,1-3H3/b11-4-,12-9-. The molecule has 0 saturated heterocycles. The summed E-state index contributed by atoms with van der Waals surface area (Å²) in [7, 11) is 0. The van der Waals surface area contributed by atoms with Gasteiger partial charge in [0, 0.05) is 0 Å². The third kappa shape index (κ3) is 2.23. The monoisotopic (exact) mass is 160 g/mol. The second kappa shape index (κ2) is 4.10. The zero-order chi connectivity index (χ0) is 8.97. The quantitative estimate of drug-likeness (QED) is 0.589. The summed E-state index contributed by atoms with van der Waals surface area (Å²) in [6.45, 7) is 6.48. The normalized spacial score (nSPS) is 14.3. The molecule has 12 heavy (non-hydrogen) atoms. The van der Waals surface area contributed by atoms with Gasteiger partial charge in [-0.15, -0.1) is 0 Å². The summed E-state index contributed by atoms with van der Waals surface area (Å²) in [5, 5.41) is 2.67. The van der Waals surface area contributed by atoms with Crippen LogP contribution in [0.2, 0.25) is 0 Å². The van der Waals surface area contributed by atoms with Gasteiger partial charge in [-0.3, -0.25) is 0 Å². The highest BCUT2D eigenvalue weighted by molar-refractivity contribution is 5.31. The first-order chi connectivity index (χ1) is 5.74. The summed E-state index contributed by atoms with van der Waals surface area (Å²) in [6.07, 6.45) is 4.43. The summed E-state index contributed by atoms with van der Waals surface area (Å²) < 4.78 is 0. The molecule has 0 N–H and O–H groups in total. The second-order valence-electron chi connectivity index (χ2n) is 3.33. The molecule has 0 atom stereocenters. The first-order valence-electron chi connectivity index (χ1n) is 4.47. The van der Waals surface area contributed by atoms with E-state index in [1.165, 1.54) is 10.4 Å². The first-order valence-corrected chi connectivity index (χ1v) is 4.47. The number of hydrogen-bond acceptors (Lipinski definition) is 0. The maximum absolute atomic E-state index is 2.29. The molecule has 0 aliphatic carbocycles. The molecule has 0 spiro atoms. The van der Waals surface area contributed by atoms with Gasteiger partial charge in [0.05, 0.1) is 0 Å². The Hall–Kier alpha value is -1.04. The van der Waals surface area contributed by atoms with Crippen molar-refractivity contribution in [2.45, 2.75) is 20.8 Å². The Morgan fingerprint density at radius 3 is 2.17 bits per heavy atom. The van der Waals surface area contributed by atoms with E-state index < -0.39 is 0 Å². The summed E-state index contributed by atoms with van der Waals surface area (Å²) >= 11 is 0. The van der Waals surface area contributed by atoms with Crippen LogP contribution in [0.5, 0.6) is 0 Å². The molecule has 64 valence electrons. The van der Waals surface area contributed by atoms with Crippen LogP contribution in [0.3, 0.4) is 0 Å². The van der Waals surface area contributed by atoms with E-state index in [-0.39, 0.29) is 0 Å². The number of benzene rings is 1. The zero-order valence-electron chi connectivity index (χ0n) is 8.04. The topological polar surface area (TPSA) is 0 Å². The van der Waals surface area contributed by atoms with Crippen LogP contribution in [0.1, 0.15) is 20.8 Å². The fourth-order valence-electron chi connectivity index (χ4n) is 1.28. The van der Waals surface area contributed by atoms with E-state index in [9.17, 15) is 0 Å². The maximum Gasteiger partial charge on any atom is -0.0225 e. The third-order valence-corrected chi connectivity index (χ3v) is 1.82. The average Bonchev–Trinajstić information content (AvgIpc) is 2.04. The van der Waals surface area contributed by atoms with Crippen molar-refractivity contribution in [3.63, 3.8) is 0 Å². The van der Waals surface area contributed by atoms with Gasteiger partial charge in [-0.2, -0.15) is 0 Å². The Kier molecular flexibility index (Phi) is 3.09. The van der Waals surface area contributed by atoms with Gasteiger partial charge in [0.2, 0.25) is 0 Å². The van der Waals surface area contributed by atoms with Crippen molar-refractivity contribution < 1.29 is 0 Å². The third-order valence-electron chi connectivity index (χ3n) is 1.82. The largest absolute Gasteiger partial charge is 0.0798 e. The lowest BCUT2D eigenvalue weighted by atomic mass is 10.1. The molecule has 0 nitrogen and oxygen atoms in total. The van der Waals surface area contributed by atoms with Crippen molar-refractivity contribution in [1.29, 1.82) is 0 Å². The molecular formula is C12H16. The smallest absolute Gasteiger partial charge is 0.0225 e. The summed E-state index contributed by atoms with van der Waals surface area (Å²) in [5.41, 5.74) is 0. The minimum absolute atomic E-state index is 0.617. The number of rotatable bonds is 1. The van der Waals surface area contributed by atoms with E-state index in [0.29, 0.717) is 5.92 Å². The van der Waals surface area contributed by atoms with Crippen LogP contribution in [0.15, 0.2) is 24.3 Å². The van der Waals surface area contributed by atoms with Crippen molar-refractivity contribution in [2.75, 3.05) is 0 Å². The van der Waals surface area contributed by atoms with Crippen LogP contribution >= 0.6 is 0 Å². The minimum atomic E-state index is 0.617. The van der Waals surface area contributed by atoms with E-state index in [4.69, 9.17) is 0 Å². The molecule has 1 aromatic rings. The van der Waals surface area contributed by atoms with Gasteiger partial charge in [-0.05, 0) is 23.3 Å². The molecule has 0 aliphatic heterocycles. The Morgan fingerprint density at radius 2 is 1.67 bits per heavy atom. The molecule has 0 heterocycles. The SMILES string of the molecule is C/C=c1/cccc/c1=C/C(C)C. The molecule has 0 aliphatic rings. The van der Waals surface area contributed by atoms with Gasteiger partial charge in [0.15, 0.2) is 0 Å². The molecule has 1 aromatic carbocycles. The molecule has 0 saturated carbocycles. The fourth-order valence-corrected chi connectivity index (χ4v) is 1.28. The van der Waals surface area contributed by atoms with Crippen LogP contribution < -0.4 is 10.4 Å². The van der Waals surface area contributed by atoms with Gasteiger partial charge < -0.3 is 0 Å². The van der Waals surface area contributed by atoms with Crippen LogP contribution in [-0.2, 0) is 0 Å². The van der Waals surface area contributed by atoms with Crippen molar-refractivity contribution in [1.82, 2.24) is 0 Å². The Labute approximate surface area is 74.2 Å². The van der Waals surface area contributed by atoms with Gasteiger partial charge in [0.1, 0.15) is 0 Å². The molecule has 1 rings (SSSR count). The second-order valence-corrected chi connectivity index (χ2v) is 3.33. The molecule has 0 amide bonds. The van der Waals surface area contributed by atoms with Gasteiger partial charge >= 0.3 is 0 Å².